The Balaban J connectivity index is 2.62. The Morgan fingerprint density at radius 2 is 1.88 bits per heavy atom. The molecule has 0 N–H and O–H groups in total. The lowest BCUT2D eigenvalue weighted by molar-refractivity contribution is -0.137. The van der Waals surface area contributed by atoms with Crippen molar-refractivity contribution in [2.45, 2.75) is 6.18 Å². The van der Waals surface area contributed by atoms with E-state index in [1.165, 1.54) is 24.3 Å². The highest BCUT2D eigenvalue weighted by atomic mass is 35.5. The summed E-state index contributed by atoms with van der Waals surface area (Å²) in [6, 6.07) is 6.37. The van der Waals surface area contributed by atoms with E-state index >= 15 is 0 Å². The number of hydrogen-bond acceptors (Lipinski definition) is 1. The minimum atomic E-state index is -4.44. The minimum absolute atomic E-state index is 0.0189. The van der Waals surface area contributed by atoms with Crippen LogP contribution in [0.25, 0.3) is 11.3 Å². The molecule has 0 saturated heterocycles. The maximum atomic E-state index is 12.7. The number of alkyl halides is 3. The second-order valence-electron chi connectivity index (χ2n) is 3.08. The molecule has 16 heavy (non-hydrogen) atoms. The summed E-state index contributed by atoms with van der Waals surface area (Å²) < 4.78 is 42.9. The van der Waals surface area contributed by atoms with E-state index in [4.69, 9.17) is 16.0 Å². The molecule has 0 fully saturated rings. The number of hydrogen-bond donors (Lipinski definition) is 0. The highest BCUT2D eigenvalue weighted by molar-refractivity contribution is 6.32. The van der Waals surface area contributed by atoms with Gasteiger partial charge in [-0.05, 0) is 6.07 Å². The molecule has 5 heteroatoms. The molecular formula is C11H5ClF3O. The lowest BCUT2D eigenvalue weighted by Crippen LogP contribution is -2.06. The molecular weight excluding hydrogens is 241 g/mol. The van der Waals surface area contributed by atoms with Crippen LogP contribution in [0.1, 0.15) is 5.56 Å². The average molecular weight is 246 g/mol. The molecule has 0 aliphatic carbocycles. The normalized spacial score (nSPS) is 11.8. The zero-order valence-electron chi connectivity index (χ0n) is 7.81. The second-order valence-corrected chi connectivity index (χ2v) is 3.49. The Bertz CT molecular complexity index is 502. The first-order chi connectivity index (χ1) is 7.50. The molecule has 0 aliphatic heterocycles. The van der Waals surface area contributed by atoms with E-state index in [2.05, 4.69) is 6.26 Å². The maximum Gasteiger partial charge on any atom is 0.417 e. The van der Waals surface area contributed by atoms with Crippen molar-refractivity contribution >= 4 is 11.6 Å². The fourth-order valence-corrected chi connectivity index (χ4v) is 1.55. The molecule has 1 nitrogen and oxygen atoms in total. The van der Waals surface area contributed by atoms with Gasteiger partial charge in [0.15, 0.2) is 12.0 Å². The van der Waals surface area contributed by atoms with Gasteiger partial charge in [-0.15, -0.1) is 0 Å². The van der Waals surface area contributed by atoms with Crippen molar-refractivity contribution in [1.82, 2.24) is 0 Å². The molecule has 1 radical (unpaired) electrons. The molecule has 0 bridgehead atoms. The molecule has 83 valence electrons. The number of furan rings is 1. The Labute approximate surface area is 94.4 Å². The summed E-state index contributed by atoms with van der Waals surface area (Å²) in [6.45, 7) is 0. The van der Waals surface area contributed by atoms with E-state index in [1.54, 1.807) is 0 Å². The summed E-state index contributed by atoms with van der Waals surface area (Å²) in [5, 5.41) is 0.108. The summed E-state index contributed by atoms with van der Waals surface area (Å²) >= 11 is 5.70. The van der Waals surface area contributed by atoms with Gasteiger partial charge in [-0.25, -0.2) is 0 Å². The van der Waals surface area contributed by atoms with Crippen molar-refractivity contribution in [3.05, 3.63) is 47.2 Å². The van der Waals surface area contributed by atoms with Crippen LogP contribution in [-0.2, 0) is 6.18 Å². The third-order valence-electron chi connectivity index (χ3n) is 2.04. The molecule has 0 spiro atoms. The average Bonchev–Trinajstić information content (AvgIpc) is 2.63. The summed E-state index contributed by atoms with van der Waals surface area (Å²) in [7, 11) is 0. The second kappa shape index (κ2) is 3.87. The van der Waals surface area contributed by atoms with Crippen molar-refractivity contribution in [1.29, 1.82) is 0 Å². The van der Waals surface area contributed by atoms with Gasteiger partial charge in [-0.2, -0.15) is 13.2 Å². The van der Waals surface area contributed by atoms with Gasteiger partial charge in [0.05, 0.1) is 10.6 Å². The highest BCUT2D eigenvalue weighted by Gasteiger charge is 2.34. The van der Waals surface area contributed by atoms with Gasteiger partial charge in [0.2, 0.25) is 0 Å². The van der Waals surface area contributed by atoms with E-state index in [0.29, 0.717) is 0 Å². The monoisotopic (exact) mass is 245 g/mol. The molecule has 2 aromatic rings. The van der Waals surface area contributed by atoms with Crippen LogP contribution in [0.15, 0.2) is 34.7 Å². The zero-order valence-corrected chi connectivity index (χ0v) is 8.56. The summed E-state index contributed by atoms with van der Waals surface area (Å²) in [6.07, 6.45) is -2.14. The summed E-state index contributed by atoms with van der Waals surface area (Å²) in [5.41, 5.74) is -0.860. The first-order valence-electron chi connectivity index (χ1n) is 4.32. The zero-order chi connectivity index (χ0) is 11.8. The van der Waals surface area contributed by atoms with Crippen LogP contribution in [-0.4, -0.2) is 0 Å². The molecule has 0 amide bonds. The molecule has 0 saturated carbocycles. The Hall–Kier alpha value is -1.42. The van der Waals surface area contributed by atoms with Crippen LogP contribution < -0.4 is 0 Å². The quantitative estimate of drug-likeness (QED) is 0.725. The van der Waals surface area contributed by atoms with Crippen molar-refractivity contribution < 1.29 is 17.6 Å². The maximum absolute atomic E-state index is 12.7. The van der Waals surface area contributed by atoms with Crippen molar-refractivity contribution in [2.24, 2.45) is 0 Å². The van der Waals surface area contributed by atoms with Gasteiger partial charge in [0.1, 0.15) is 0 Å². The van der Waals surface area contributed by atoms with Gasteiger partial charge in [0.25, 0.3) is 0 Å². The fraction of sp³-hybridized carbons (Fsp3) is 0.0909. The van der Waals surface area contributed by atoms with E-state index < -0.39 is 11.7 Å². The molecule has 0 aliphatic rings. The smallest absolute Gasteiger partial charge is 0.417 e. The van der Waals surface area contributed by atoms with Crippen molar-refractivity contribution in [3.63, 3.8) is 0 Å². The lowest BCUT2D eigenvalue weighted by atomic mass is 10.1. The van der Waals surface area contributed by atoms with Gasteiger partial charge in [0, 0.05) is 11.6 Å². The number of benzene rings is 1. The third kappa shape index (κ3) is 1.93. The summed E-state index contributed by atoms with van der Waals surface area (Å²) in [5.74, 6) is -0.0189. The largest absolute Gasteiger partial charge is 0.451 e. The predicted octanol–water partition coefficient (Wildman–Crippen LogP) is 4.42. The van der Waals surface area contributed by atoms with Crippen LogP contribution in [0.2, 0.25) is 5.02 Å². The Morgan fingerprint density at radius 3 is 2.44 bits per heavy atom. The molecule has 1 aromatic carbocycles. The van der Waals surface area contributed by atoms with E-state index in [1.807, 2.05) is 0 Å². The number of rotatable bonds is 1. The Kier molecular flexibility index (Phi) is 2.68. The van der Waals surface area contributed by atoms with Gasteiger partial charge in [-0.3, -0.25) is 0 Å². The molecule has 2 rings (SSSR count). The molecule has 0 atom stereocenters. The van der Waals surface area contributed by atoms with E-state index in [0.717, 1.165) is 6.07 Å². The standard InChI is InChI=1S/C11H5ClF3O/c12-9-5-6-16-10(9)7-3-1-2-4-8(7)11(13,14)15/h1-5H. The first kappa shape index (κ1) is 11.1. The van der Waals surface area contributed by atoms with Crippen LogP contribution in [0, 0.1) is 6.26 Å². The van der Waals surface area contributed by atoms with Crippen LogP contribution in [0.3, 0.4) is 0 Å². The van der Waals surface area contributed by atoms with Crippen LogP contribution in [0.4, 0.5) is 13.2 Å². The van der Waals surface area contributed by atoms with Crippen LogP contribution >= 0.6 is 11.6 Å². The van der Waals surface area contributed by atoms with E-state index in [9.17, 15) is 13.2 Å². The van der Waals surface area contributed by atoms with Crippen molar-refractivity contribution in [3.8, 4) is 11.3 Å². The van der Waals surface area contributed by atoms with Gasteiger partial charge in [-0.1, -0.05) is 29.8 Å². The topological polar surface area (TPSA) is 13.1 Å². The van der Waals surface area contributed by atoms with Gasteiger partial charge < -0.3 is 4.42 Å². The molecule has 1 aromatic heterocycles. The summed E-state index contributed by atoms with van der Waals surface area (Å²) in [4.78, 5) is 0. The van der Waals surface area contributed by atoms with Crippen molar-refractivity contribution in [2.75, 3.05) is 0 Å². The predicted molar refractivity (Wildman–Crippen MR) is 53.0 cm³/mol. The highest BCUT2D eigenvalue weighted by Crippen LogP contribution is 2.39. The molecule has 1 heterocycles. The Morgan fingerprint density at radius 1 is 1.19 bits per heavy atom. The number of halogens is 4. The fourth-order valence-electron chi connectivity index (χ4n) is 1.37. The molecule has 0 unspecified atom stereocenters. The minimum Gasteiger partial charge on any atom is -0.451 e. The van der Waals surface area contributed by atoms with Gasteiger partial charge >= 0.3 is 6.18 Å². The van der Waals surface area contributed by atoms with Crippen LogP contribution in [0.5, 0.6) is 0 Å². The first-order valence-corrected chi connectivity index (χ1v) is 4.70. The van der Waals surface area contributed by atoms with E-state index in [-0.39, 0.29) is 16.3 Å². The SMILES string of the molecule is FC(F)(F)c1ccccc1-c1o[c]cc1Cl. The lowest BCUT2D eigenvalue weighted by Gasteiger charge is -2.10. The third-order valence-corrected chi connectivity index (χ3v) is 2.32.